The predicted molar refractivity (Wildman–Crippen MR) is 172 cm³/mol. The van der Waals surface area contributed by atoms with Crippen LogP contribution in [-0.4, -0.2) is 35.4 Å². The standard InChI is InChI=1S/C34H30ClN3O5S/c1-4-42-28-15-12-22(16-29(28)43-5-2)31-26(33(40)41-3)18-36-34-38(31)32(39)30(44-34)17-23-20-37(27-9-7-6-8-25(23)27)19-21-10-13-24(35)14-11-21/h6-18,20,31H,4-5,19H2,1-3H3/b30-17+/t31-/m0/s1. The smallest absolute Gasteiger partial charge is 0.337 e. The molecule has 5 aromatic rings. The lowest BCUT2D eigenvalue weighted by Crippen LogP contribution is -2.39. The zero-order valence-corrected chi connectivity index (χ0v) is 26.0. The molecule has 0 fully saturated rings. The highest BCUT2D eigenvalue weighted by Crippen LogP contribution is 2.35. The van der Waals surface area contributed by atoms with Gasteiger partial charge in [-0.2, -0.15) is 0 Å². The quantitative estimate of drug-likeness (QED) is 0.202. The molecule has 0 saturated heterocycles. The van der Waals surface area contributed by atoms with Gasteiger partial charge in [0, 0.05) is 40.4 Å². The van der Waals surface area contributed by atoms with Crippen LogP contribution in [0.15, 0.2) is 94.5 Å². The molecular weight excluding hydrogens is 598 g/mol. The number of hydrogen-bond acceptors (Lipinski definition) is 7. The average Bonchev–Trinajstić information content (AvgIpc) is 3.55. The maximum Gasteiger partial charge on any atom is 0.337 e. The molecule has 0 unspecified atom stereocenters. The molecule has 10 heteroatoms. The normalized spacial score (nSPS) is 14.6. The number of nitrogens with zero attached hydrogens (tertiary/aromatic N) is 3. The molecule has 224 valence electrons. The van der Waals surface area contributed by atoms with Crippen LogP contribution in [0.3, 0.4) is 0 Å². The fourth-order valence-electron chi connectivity index (χ4n) is 5.44. The van der Waals surface area contributed by atoms with Crippen molar-refractivity contribution in [2.45, 2.75) is 26.4 Å². The third-order valence-corrected chi connectivity index (χ3v) is 8.63. The number of benzene rings is 3. The Labute approximate surface area is 262 Å². The zero-order valence-electron chi connectivity index (χ0n) is 24.5. The molecule has 0 saturated carbocycles. The molecule has 0 spiro atoms. The van der Waals surface area contributed by atoms with Crippen molar-refractivity contribution in [2.24, 2.45) is 4.99 Å². The van der Waals surface area contributed by atoms with Crippen LogP contribution in [0, 0.1) is 0 Å². The highest BCUT2D eigenvalue weighted by Gasteiger charge is 2.31. The van der Waals surface area contributed by atoms with Crippen LogP contribution >= 0.6 is 22.9 Å². The average molecular weight is 628 g/mol. The van der Waals surface area contributed by atoms with E-state index in [0.29, 0.717) is 51.2 Å². The van der Waals surface area contributed by atoms with E-state index in [1.54, 1.807) is 10.6 Å². The van der Waals surface area contributed by atoms with Gasteiger partial charge in [0.1, 0.15) is 0 Å². The van der Waals surface area contributed by atoms with Gasteiger partial charge in [-0.15, -0.1) is 0 Å². The summed E-state index contributed by atoms with van der Waals surface area (Å²) in [6.07, 6.45) is 5.43. The van der Waals surface area contributed by atoms with E-state index in [1.807, 2.05) is 74.5 Å². The van der Waals surface area contributed by atoms with Gasteiger partial charge in [0.05, 0.1) is 36.5 Å². The minimum atomic E-state index is -0.762. The van der Waals surface area contributed by atoms with Crippen LogP contribution in [0.25, 0.3) is 17.0 Å². The van der Waals surface area contributed by atoms with Crippen molar-refractivity contribution in [3.63, 3.8) is 0 Å². The molecule has 3 aromatic carbocycles. The fraction of sp³-hybridized carbons (Fsp3) is 0.206. The van der Waals surface area contributed by atoms with Gasteiger partial charge >= 0.3 is 5.97 Å². The summed E-state index contributed by atoms with van der Waals surface area (Å²) in [5.41, 5.74) is 3.73. The molecule has 0 amide bonds. The largest absolute Gasteiger partial charge is 0.490 e. The minimum Gasteiger partial charge on any atom is -0.490 e. The van der Waals surface area contributed by atoms with Crippen LogP contribution in [0.5, 0.6) is 11.5 Å². The fourth-order valence-corrected chi connectivity index (χ4v) is 6.52. The summed E-state index contributed by atoms with van der Waals surface area (Å²) in [4.78, 5) is 32.1. The van der Waals surface area contributed by atoms with Crippen molar-refractivity contribution in [3.8, 4) is 11.5 Å². The number of fused-ring (bicyclic) bond motifs is 2. The van der Waals surface area contributed by atoms with E-state index in [0.717, 1.165) is 22.0 Å². The number of rotatable bonds is 9. The summed E-state index contributed by atoms with van der Waals surface area (Å²) < 4.78 is 20.9. The first-order valence-electron chi connectivity index (χ1n) is 14.2. The number of hydrogen-bond donors (Lipinski definition) is 0. The van der Waals surface area contributed by atoms with Crippen molar-refractivity contribution >= 4 is 45.9 Å². The van der Waals surface area contributed by atoms with Gasteiger partial charge in [-0.1, -0.05) is 59.3 Å². The molecule has 6 rings (SSSR count). The predicted octanol–water partition coefficient (Wildman–Crippen LogP) is 5.47. The number of halogens is 1. The molecule has 1 atom stereocenters. The number of thiazole rings is 1. The highest BCUT2D eigenvalue weighted by atomic mass is 35.5. The minimum absolute atomic E-state index is 0.248. The van der Waals surface area contributed by atoms with Crippen molar-refractivity contribution in [2.75, 3.05) is 20.3 Å². The Hall–Kier alpha value is -4.60. The molecule has 44 heavy (non-hydrogen) atoms. The first kappa shape index (κ1) is 29.5. The second-order valence-electron chi connectivity index (χ2n) is 10.1. The Morgan fingerprint density at radius 2 is 1.77 bits per heavy atom. The number of carbonyl (C=O) groups is 1. The Morgan fingerprint density at radius 3 is 2.52 bits per heavy atom. The Morgan fingerprint density at radius 1 is 1.02 bits per heavy atom. The molecule has 1 aliphatic heterocycles. The number of esters is 1. The van der Waals surface area contributed by atoms with E-state index >= 15 is 0 Å². The molecule has 0 N–H and O–H groups in total. The van der Waals surface area contributed by atoms with E-state index < -0.39 is 12.0 Å². The summed E-state index contributed by atoms with van der Waals surface area (Å²) in [6.45, 7) is 5.33. The van der Waals surface area contributed by atoms with Crippen LogP contribution < -0.4 is 24.4 Å². The van der Waals surface area contributed by atoms with E-state index in [-0.39, 0.29) is 11.1 Å². The Balaban J connectivity index is 1.48. The van der Waals surface area contributed by atoms with Crippen LogP contribution in [0.1, 0.15) is 36.6 Å². The topological polar surface area (TPSA) is 84.0 Å². The molecule has 0 bridgehead atoms. The van der Waals surface area contributed by atoms with Gasteiger partial charge in [0.15, 0.2) is 16.3 Å². The van der Waals surface area contributed by atoms with Crippen LogP contribution in [-0.2, 0) is 16.1 Å². The molecule has 1 aliphatic rings. The number of ether oxygens (including phenoxy) is 3. The summed E-state index contributed by atoms with van der Waals surface area (Å²) in [7, 11) is 1.31. The third-order valence-electron chi connectivity index (χ3n) is 7.38. The van der Waals surface area contributed by atoms with Crippen molar-refractivity contribution in [1.29, 1.82) is 0 Å². The van der Waals surface area contributed by atoms with Gasteiger partial charge < -0.3 is 18.8 Å². The number of para-hydroxylation sites is 1. The lowest BCUT2D eigenvalue weighted by atomic mass is 9.97. The molecule has 3 heterocycles. The van der Waals surface area contributed by atoms with Crippen molar-refractivity contribution in [1.82, 2.24) is 9.13 Å². The van der Waals surface area contributed by atoms with Gasteiger partial charge in [-0.25, -0.2) is 9.79 Å². The SMILES string of the molecule is CCOc1ccc([C@H]2C(C(=O)OC)=CN=c3s/c(=C/c4cn(Cc5ccc(Cl)cc5)c5ccccc45)c(=O)n32)cc1OCC. The van der Waals surface area contributed by atoms with E-state index in [2.05, 4.69) is 21.8 Å². The zero-order chi connectivity index (χ0) is 30.8. The van der Waals surface area contributed by atoms with Gasteiger partial charge in [-0.05, 0) is 61.4 Å². The molecule has 2 aromatic heterocycles. The summed E-state index contributed by atoms with van der Waals surface area (Å²) in [6, 6.07) is 20.5. The van der Waals surface area contributed by atoms with E-state index in [9.17, 15) is 9.59 Å². The van der Waals surface area contributed by atoms with Crippen molar-refractivity contribution in [3.05, 3.63) is 126 Å². The van der Waals surface area contributed by atoms with Gasteiger partial charge in [0.2, 0.25) is 0 Å². The van der Waals surface area contributed by atoms with Gasteiger partial charge in [-0.3, -0.25) is 9.36 Å². The van der Waals surface area contributed by atoms with Crippen LogP contribution in [0.2, 0.25) is 5.02 Å². The lowest BCUT2D eigenvalue weighted by molar-refractivity contribution is -0.136. The first-order chi connectivity index (χ1) is 21.4. The first-order valence-corrected chi connectivity index (χ1v) is 15.4. The maximum absolute atomic E-state index is 14.1. The maximum atomic E-state index is 14.1. The second kappa shape index (κ2) is 12.6. The van der Waals surface area contributed by atoms with Crippen LogP contribution in [0.4, 0.5) is 0 Å². The molecular formula is C34H30ClN3O5S. The summed E-state index contributed by atoms with van der Waals surface area (Å²) >= 11 is 7.37. The number of methoxy groups -OCH3 is 1. The van der Waals surface area contributed by atoms with E-state index in [1.165, 1.54) is 24.6 Å². The lowest BCUT2D eigenvalue weighted by Gasteiger charge is -2.23. The monoisotopic (exact) mass is 627 g/mol. The van der Waals surface area contributed by atoms with Gasteiger partial charge in [0.25, 0.3) is 5.56 Å². The summed E-state index contributed by atoms with van der Waals surface area (Å²) in [5.74, 6) is 0.554. The Bertz CT molecular complexity index is 2070. The highest BCUT2D eigenvalue weighted by molar-refractivity contribution is 7.07. The molecule has 0 radical (unpaired) electrons. The summed E-state index contributed by atoms with van der Waals surface area (Å²) in [5, 5.41) is 1.71. The number of aromatic nitrogens is 2. The molecule has 0 aliphatic carbocycles. The van der Waals surface area contributed by atoms with Crippen molar-refractivity contribution < 1.29 is 19.0 Å². The van der Waals surface area contributed by atoms with E-state index in [4.69, 9.17) is 25.8 Å². The second-order valence-corrected chi connectivity index (χ2v) is 11.5. The Kier molecular flexibility index (Phi) is 8.41. The third kappa shape index (κ3) is 5.56. The number of carbonyl (C=O) groups excluding carboxylic acids is 1. The molecule has 8 nitrogen and oxygen atoms in total.